The molecular formula is C8H6ClN3O2S. The van der Waals surface area contributed by atoms with Crippen LogP contribution < -0.4 is 0 Å². The maximum Gasteiger partial charge on any atom is 0.296 e. The molecule has 0 saturated heterocycles. The molecule has 0 aliphatic carbocycles. The van der Waals surface area contributed by atoms with Crippen LogP contribution in [0.2, 0.25) is 0 Å². The van der Waals surface area contributed by atoms with Crippen molar-refractivity contribution < 1.29 is 8.42 Å². The van der Waals surface area contributed by atoms with E-state index in [1.807, 2.05) is 6.07 Å². The maximum atomic E-state index is 11.1. The molecule has 0 saturated carbocycles. The van der Waals surface area contributed by atoms with Gasteiger partial charge in [0.15, 0.2) is 0 Å². The molecule has 15 heavy (non-hydrogen) atoms. The molecule has 2 aromatic rings. The summed E-state index contributed by atoms with van der Waals surface area (Å²) in [5.41, 5.74) is 0.592. The molecule has 0 atom stereocenters. The van der Waals surface area contributed by atoms with Crippen LogP contribution in [0.4, 0.5) is 0 Å². The Morgan fingerprint density at radius 2 is 1.87 bits per heavy atom. The van der Waals surface area contributed by atoms with Crippen LogP contribution in [-0.2, 0) is 9.05 Å². The molecule has 0 fully saturated rings. The van der Waals surface area contributed by atoms with Crippen molar-refractivity contribution in [3.8, 4) is 5.69 Å². The summed E-state index contributed by atoms with van der Waals surface area (Å²) in [5, 5.41) is 3.51. The number of nitrogens with zero attached hydrogens (tertiary/aromatic N) is 3. The molecule has 0 aliphatic rings. The minimum Gasteiger partial charge on any atom is -0.204 e. The zero-order chi connectivity index (χ0) is 10.9. The second-order valence-corrected chi connectivity index (χ2v) is 5.19. The Morgan fingerprint density at radius 1 is 1.20 bits per heavy atom. The summed E-state index contributed by atoms with van der Waals surface area (Å²) in [6.45, 7) is 0. The molecule has 0 spiro atoms. The number of hydrogen-bond donors (Lipinski definition) is 0. The monoisotopic (exact) mass is 243 g/mol. The van der Waals surface area contributed by atoms with Gasteiger partial charge in [0.1, 0.15) is 6.33 Å². The minimum absolute atomic E-state index is 0.282. The van der Waals surface area contributed by atoms with Crippen LogP contribution in [0.15, 0.2) is 41.8 Å². The highest BCUT2D eigenvalue weighted by Crippen LogP contribution is 2.15. The molecule has 2 rings (SSSR count). The number of benzene rings is 1. The average Bonchev–Trinajstić information content (AvgIpc) is 2.67. The van der Waals surface area contributed by atoms with Gasteiger partial charge in [0.25, 0.3) is 14.2 Å². The molecule has 7 heteroatoms. The Labute approximate surface area is 90.7 Å². The van der Waals surface area contributed by atoms with Gasteiger partial charge in [-0.15, -0.1) is 0 Å². The van der Waals surface area contributed by atoms with Crippen molar-refractivity contribution >= 4 is 19.7 Å². The topological polar surface area (TPSA) is 64.8 Å². The maximum absolute atomic E-state index is 11.1. The molecule has 1 heterocycles. The molecule has 0 bridgehead atoms. The first-order chi connectivity index (χ1) is 7.09. The molecule has 1 aromatic carbocycles. The minimum atomic E-state index is -3.88. The third-order valence-electron chi connectivity index (χ3n) is 1.74. The predicted molar refractivity (Wildman–Crippen MR) is 54.4 cm³/mol. The second kappa shape index (κ2) is 3.63. The van der Waals surface area contributed by atoms with Gasteiger partial charge < -0.3 is 0 Å². The quantitative estimate of drug-likeness (QED) is 0.744. The summed E-state index contributed by atoms with van der Waals surface area (Å²) in [5.74, 6) is 0. The fourth-order valence-corrected chi connectivity index (χ4v) is 1.99. The lowest BCUT2D eigenvalue weighted by Crippen LogP contribution is -2.05. The van der Waals surface area contributed by atoms with Gasteiger partial charge in [-0.2, -0.15) is 5.10 Å². The number of halogens is 1. The Morgan fingerprint density at radius 3 is 2.47 bits per heavy atom. The fraction of sp³-hybridized carbons (Fsp3) is 0. The van der Waals surface area contributed by atoms with Crippen molar-refractivity contribution in [3.05, 3.63) is 36.7 Å². The number of aromatic nitrogens is 3. The molecule has 1 aromatic heterocycles. The third kappa shape index (κ3) is 2.00. The average molecular weight is 244 g/mol. The first kappa shape index (κ1) is 10.1. The van der Waals surface area contributed by atoms with Gasteiger partial charge in [0, 0.05) is 10.7 Å². The van der Waals surface area contributed by atoms with Gasteiger partial charge in [-0.1, -0.05) is 18.2 Å². The highest BCUT2D eigenvalue weighted by molar-refractivity contribution is 8.13. The van der Waals surface area contributed by atoms with Gasteiger partial charge in [-0.25, -0.2) is 18.1 Å². The Bertz CT molecular complexity index is 565. The summed E-state index contributed by atoms with van der Waals surface area (Å²) in [6, 6.07) is 8.76. The fourth-order valence-electron chi connectivity index (χ4n) is 1.14. The van der Waals surface area contributed by atoms with Gasteiger partial charge >= 0.3 is 0 Å². The van der Waals surface area contributed by atoms with Crippen molar-refractivity contribution in [2.24, 2.45) is 0 Å². The van der Waals surface area contributed by atoms with E-state index in [1.54, 1.807) is 24.3 Å². The molecule has 0 N–H and O–H groups in total. The van der Waals surface area contributed by atoms with E-state index in [0.717, 1.165) is 6.33 Å². The van der Waals surface area contributed by atoms with Crippen LogP contribution >= 0.6 is 10.7 Å². The summed E-state index contributed by atoms with van der Waals surface area (Å²) in [6.07, 6.45) is 1.14. The Balaban J connectivity index is 2.61. The van der Waals surface area contributed by atoms with Crippen LogP contribution in [0.1, 0.15) is 0 Å². The zero-order valence-electron chi connectivity index (χ0n) is 7.41. The van der Waals surface area contributed by atoms with Crippen molar-refractivity contribution in [2.45, 2.75) is 5.16 Å². The summed E-state index contributed by atoms with van der Waals surface area (Å²) < 4.78 is 23.4. The van der Waals surface area contributed by atoms with Gasteiger partial charge in [0.2, 0.25) is 0 Å². The van der Waals surface area contributed by atoms with Crippen LogP contribution in [0.5, 0.6) is 0 Å². The van der Waals surface area contributed by atoms with Crippen molar-refractivity contribution in [1.29, 1.82) is 0 Å². The smallest absolute Gasteiger partial charge is 0.204 e. The Kier molecular flexibility index (Phi) is 2.45. The largest absolute Gasteiger partial charge is 0.296 e. The predicted octanol–water partition coefficient (Wildman–Crippen LogP) is 1.19. The van der Waals surface area contributed by atoms with E-state index in [9.17, 15) is 8.42 Å². The van der Waals surface area contributed by atoms with Gasteiger partial charge in [0.05, 0.1) is 5.69 Å². The molecule has 78 valence electrons. The zero-order valence-corrected chi connectivity index (χ0v) is 8.98. The van der Waals surface area contributed by atoms with Gasteiger partial charge in [-0.3, -0.25) is 0 Å². The van der Waals surface area contributed by atoms with Crippen LogP contribution in [0.3, 0.4) is 0 Å². The molecular weight excluding hydrogens is 238 g/mol. The van der Waals surface area contributed by atoms with Crippen molar-refractivity contribution in [2.75, 3.05) is 0 Å². The molecule has 0 unspecified atom stereocenters. The lowest BCUT2D eigenvalue weighted by atomic mass is 10.3. The lowest BCUT2D eigenvalue weighted by molar-refractivity contribution is 0.594. The van der Waals surface area contributed by atoms with Crippen molar-refractivity contribution in [1.82, 2.24) is 14.8 Å². The highest BCUT2D eigenvalue weighted by Gasteiger charge is 2.19. The molecule has 0 radical (unpaired) electrons. The summed E-state index contributed by atoms with van der Waals surface area (Å²) in [4.78, 5) is 3.60. The number of para-hydroxylation sites is 1. The molecule has 5 nitrogen and oxygen atoms in total. The summed E-state index contributed by atoms with van der Waals surface area (Å²) >= 11 is 0. The highest BCUT2D eigenvalue weighted by atomic mass is 35.7. The molecule has 0 aliphatic heterocycles. The van der Waals surface area contributed by atoms with Crippen LogP contribution in [0, 0.1) is 0 Å². The summed E-state index contributed by atoms with van der Waals surface area (Å²) in [7, 11) is 1.33. The van der Waals surface area contributed by atoms with E-state index in [4.69, 9.17) is 10.7 Å². The van der Waals surface area contributed by atoms with E-state index >= 15 is 0 Å². The van der Waals surface area contributed by atoms with E-state index in [1.165, 1.54) is 4.68 Å². The number of rotatable bonds is 2. The van der Waals surface area contributed by atoms with Gasteiger partial charge in [-0.05, 0) is 12.1 Å². The standard InChI is InChI=1S/C8H6ClN3O2S/c9-15(13,14)8-10-6-11-12(8)7-4-2-1-3-5-7/h1-6H. The third-order valence-corrected chi connectivity index (χ3v) is 2.86. The van der Waals surface area contributed by atoms with Crippen LogP contribution in [-0.4, -0.2) is 23.2 Å². The van der Waals surface area contributed by atoms with Crippen LogP contribution in [0.25, 0.3) is 5.69 Å². The normalized spacial score (nSPS) is 11.5. The van der Waals surface area contributed by atoms with E-state index in [2.05, 4.69) is 10.1 Å². The SMILES string of the molecule is O=S(=O)(Cl)c1ncnn1-c1ccccc1. The van der Waals surface area contributed by atoms with E-state index in [0.29, 0.717) is 5.69 Å². The Hall–Kier alpha value is -1.40. The number of hydrogen-bond acceptors (Lipinski definition) is 4. The molecule has 0 amide bonds. The van der Waals surface area contributed by atoms with E-state index < -0.39 is 9.05 Å². The first-order valence-corrected chi connectivity index (χ1v) is 6.30. The second-order valence-electron chi connectivity index (χ2n) is 2.73. The van der Waals surface area contributed by atoms with E-state index in [-0.39, 0.29) is 5.16 Å². The first-order valence-electron chi connectivity index (χ1n) is 3.99. The van der Waals surface area contributed by atoms with Crippen molar-refractivity contribution in [3.63, 3.8) is 0 Å². The lowest BCUT2D eigenvalue weighted by Gasteiger charge is -2.01.